The largest absolute Gasteiger partial charge is 0.497 e. The molecule has 6 heteroatoms. The molecule has 0 aliphatic heterocycles. The third-order valence-electron chi connectivity index (χ3n) is 6.39. The van der Waals surface area contributed by atoms with Crippen molar-refractivity contribution in [2.24, 2.45) is 0 Å². The molecule has 37 heavy (non-hydrogen) atoms. The molecule has 6 aromatic rings. The third kappa shape index (κ3) is 4.26. The summed E-state index contributed by atoms with van der Waals surface area (Å²) in [5.41, 5.74) is 5.39. The summed E-state index contributed by atoms with van der Waals surface area (Å²) < 4.78 is 7.79. The first-order chi connectivity index (χ1) is 18.1. The Hall–Kier alpha value is -4.42. The van der Waals surface area contributed by atoms with Gasteiger partial charge < -0.3 is 9.72 Å². The smallest absolute Gasteiger partial charge is 0.266 e. The van der Waals surface area contributed by atoms with Crippen LogP contribution in [0.2, 0.25) is 0 Å². The van der Waals surface area contributed by atoms with Gasteiger partial charge in [0.1, 0.15) is 11.6 Å². The summed E-state index contributed by atoms with van der Waals surface area (Å²) in [6.45, 7) is 0. The van der Waals surface area contributed by atoms with Crippen LogP contribution in [0.3, 0.4) is 0 Å². The van der Waals surface area contributed by atoms with Gasteiger partial charge in [0.15, 0.2) is 0 Å². The molecule has 0 aliphatic rings. The van der Waals surface area contributed by atoms with Crippen LogP contribution >= 0.6 is 15.9 Å². The summed E-state index contributed by atoms with van der Waals surface area (Å²) in [6, 6.07) is 31.4. The summed E-state index contributed by atoms with van der Waals surface area (Å²) in [5, 5.41) is 1.64. The highest BCUT2D eigenvalue weighted by Crippen LogP contribution is 2.32. The van der Waals surface area contributed by atoms with Gasteiger partial charge in [0, 0.05) is 20.9 Å². The van der Waals surface area contributed by atoms with Crippen LogP contribution in [-0.2, 0) is 0 Å². The molecule has 0 fully saturated rings. The average molecular weight is 548 g/mol. The monoisotopic (exact) mass is 547 g/mol. The highest BCUT2D eigenvalue weighted by Gasteiger charge is 2.14. The van der Waals surface area contributed by atoms with Gasteiger partial charge in [-0.1, -0.05) is 64.5 Å². The summed E-state index contributed by atoms with van der Waals surface area (Å²) in [5.74, 6) is 1.26. The minimum Gasteiger partial charge on any atom is -0.497 e. The lowest BCUT2D eigenvalue weighted by molar-refractivity contribution is 0.414. The number of methoxy groups -OCH3 is 1. The topological polar surface area (TPSA) is 59.9 Å². The SMILES string of the molecule is COc1ccc(-n2c(/C=C/c3c(-c4ccccc4)[nH]c4ccccc34)nc3ccc(Br)cc3c2=O)cc1. The molecule has 0 aliphatic carbocycles. The van der Waals surface area contributed by atoms with Crippen molar-refractivity contribution in [1.29, 1.82) is 0 Å². The van der Waals surface area contributed by atoms with Gasteiger partial charge in [-0.3, -0.25) is 9.36 Å². The fraction of sp³-hybridized carbons (Fsp3) is 0.0323. The van der Waals surface area contributed by atoms with Gasteiger partial charge in [0.05, 0.1) is 29.4 Å². The summed E-state index contributed by atoms with van der Waals surface area (Å²) in [7, 11) is 1.62. The van der Waals surface area contributed by atoms with E-state index < -0.39 is 0 Å². The minimum absolute atomic E-state index is 0.140. The molecule has 0 bridgehead atoms. The van der Waals surface area contributed by atoms with Gasteiger partial charge in [0.2, 0.25) is 0 Å². The fourth-order valence-electron chi connectivity index (χ4n) is 4.59. The molecular formula is C31H22BrN3O2. The van der Waals surface area contributed by atoms with E-state index in [2.05, 4.69) is 45.2 Å². The Bertz CT molecular complexity index is 1840. The van der Waals surface area contributed by atoms with Crippen LogP contribution in [0, 0.1) is 0 Å². The number of fused-ring (bicyclic) bond motifs is 2. The van der Waals surface area contributed by atoms with Crippen LogP contribution < -0.4 is 10.3 Å². The number of ether oxygens (including phenoxy) is 1. The number of nitrogens with zero attached hydrogens (tertiary/aromatic N) is 2. The maximum atomic E-state index is 13.7. The Balaban J connectivity index is 1.58. The Morgan fingerprint density at radius 1 is 0.865 bits per heavy atom. The van der Waals surface area contributed by atoms with E-state index in [0.29, 0.717) is 22.4 Å². The second-order valence-electron chi connectivity index (χ2n) is 8.63. The van der Waals surface area contributed by atoms with E-state index in [9.17, 15) is 4.79 Å². The average Bonchev–Trinajstić information content (AvgIpc) is 3.31. The normalized spacial score (nSPS) is 11.5. The predicted octanol–water partition coefficient (Wildman–Crippen LogP) is 7.48. The molecule has 4 aromatic carbocycles. The van der Waals surface area contributed by atoms with Crippen molar-refractivity contribution >= 4 is 49.9 Å². The molecule has 0 unspecified atom stereocenters. The zero-order chi connectivity index (χ0) is 25.4. The van der Waals surface area contributed by atoms with Crippen LogP contribution in [-0.4, -0.2) is 21.6 Å². The number of rotatable bonds is 5. The number of aromatic amines is 1. The standard InChI is InChI=1S/C31H22BrN3O2/c1-37-23-14-12-22(13-15-23)35-29(33-28-17-11-21(32)19-26(28)31(35)36)18-16-25-24-9-5-6-10-27(24)34-30(25)20-7-3-2-4-8-20/h2-19,34H,1H3/b18-16+. The number of aromatic nitrogens is 3. The fourth-order valence-corrected chi connectivity index (χ4v) is 4.96. The molecule has 0 atom stereocenters. The molecular weight excluding hydrogens is 526 g/mol. The first kappa shape index (κ1) is 23.0. The van der Waals surface area contributed by atoms with Crippen LogP contribution in [0.5, 0.6) is 5.75 Å². The van der Waals surface area contributed by atoms with Crippen molar-refractivity contribution in [3.05, 3.63) is 123 Å². The van der Waals surface area contributed by atoms with Gasteiger partial charge in [-0.2, -0.15) is 0 Å². The van der Waals surface area contributed by atoms with E-state index in [-0.39, 0.29) is 5.56 Å². The molecule has 1 N–H and O–H groups in total. The number of halogens is 1. The summed E-state index contributed by atoms with van der Waals surface area (Å²) in [4.78, 5) is 22.2. The van der Waals surface area contributed by atoms with Gasteiger partial charge in [-0.15, -0.1) is 0 Å². The van der Waals surface area contributed by atoms with E-state index in [1.807, 2.05) is 84.9 Å². The maximum absolute atomic E-state index is 13.7. The first-order valence-corrected chi connectivity index (χ1v) is 12.6. The number of nitrogens with one attached hydrogen (secondary N) is 1. The Kier molecular flexibility index (Phi) is 5.94. The number of hydrogen-bond acceptors (Lipinski definition) is 3. The predicted molar refractivity (Wildman–Crippen MR) is 154 cm³/mol. The van der Waals surface area contributed by atoms with E-state index in [0.717, 1.165) is 37.9 Å². The van der Waals surface area contributed by atoms with E-state index in [1.54, 1.807) is 11.7 Å². The van der Waals surface area contributed by atoms with Crippen LogP contribution in [0.15, 0.2) is 106 Å². The summed E-state index contributed by atoms with van der Waals surface area (Å²) in [6.07, 6.45) is 3.95. The lowest BCUT2D eigenvalue weighted by atomic mass is 10.0. The maximum Gasteiger partial charge on any atom is 0.266 e. The molecule has 0 saturated carbocycles. The first-order valence-electron chi connectivity index (χ1n) is 11.8. The molecule has 0 saturated heterocycles. The van der Waals surface area contributed by atoms with Gasteiger partial charge in [-0.25, -0.2) is 4.98 Å². The molecule has 5 nitrogen and oxygen atoms in total. The van der Waals surface area contributed by atoms with Gasteiger partial charge in [0.25, 0.3) is 5.56 Å². The number of H-pyrrole nitrogens is 1. The van der Waals surface area contributed by atoms with Crippen molar-refractivity contribution in [3.63, 3.8) is 0 Å². The Morgan fingerprint density at radius 2 is 1.62 bits per heavy atom. The van der Waals surface area contributed by atoms with E-state index in [4.69, 9.17) is 9.72 Å². The van der Waals surface area contributed by atoms with E-state index >= 15 is 0 Å². The number of para-hydroxylation sites is 1. The zero-order valence-electron chi connectivity index (χ0n) is 20.0. The van der Waals surface area contributed by atoms with Gasteiger partial charge >= 0.3 is 0 Å². The Morgan fingerprint density at radius 3 is 2.41 bits per heavy atom. The molecule has 0 spiro atoms. The molecule has 0 radical (unpaired) electrons. The van der Waals surface area contributed by atoms with Crippen LogP contribution in [0.1, 0.15) is 11.4 Å². The van der Waals surface area contributed by atoms with Crippen molar-refractivity contribution in [3.8, 4) is 22.7 Å². The van der Waals surface area contributed by atoms with E-state index in [1.165, 1.54) is 0 Å². The summed E-state index contributed by atoms with van der Waals surface area (Å²) >= 11 is 3.48. The lowest BCUT2D eigenvalue weighted by Crippen LogP contribution is -2.22. The molecule has 6 rings (SSSR count). The quantitative estimate of drug-likeness (QED) is 0.243. The Labute approximate surface area is 221 Å². The van der Waals surface area contributed by atoms with Crippen LogP contribution in [0.4, 0.5) is 0 Å². The van der Waals surface area contributed by atoms with Crippen molar-refractivity contribution in [2.75, 3.05) is 7.11 Å². The molecule has 180 valence electrons. The third-order valence-corrected chi connectivity index (χ3v) is 6.89. The number of benzene rings is 4. The highest BCUT2D eigenvalue weighted by atomic mass is 79.9. The highest BCUT2D eigenvalue weighted by molar-refractivity contribution is 9.10. The van der Waals surface area contributed by atoms with Crippen molar-refractivity contribution < 1.29 is 4.74 Å². The number of hydrogen-bond donors (Lipinski definition) is 1. The zero-order valence-corrected chi connectivity index (χ0v) is 21.6. The molecule has 2 heterocycles. The second-order valence-corrected chi connectivity index (χ2v) is 9.54. The minimum atomic E-state index is -0.140. The van der Waals surface area contributed by atoms with Gasteiger partial charge in [-0.05, 0) is 66.2 Å². The second kappa shape index (κ2) is 9.56. The van der Waals surface area contributed by atoms with Crippen molar-refractivity contribution in [2.45, 2.75) is 0 Å². The van der Waals surface area contributed by atoms with Crippen molar-refractivity contribution in [1.82, 2.24) is 14.5 Å². The lowest BCUT2D eigenvalue weighted by Gasteiger charge is -2.12. The van der Waals surface area contributed by atoms with Crippen LogP contribution in [0.25, 0.3) is 50.9 Å². The molecule has 2 aromatic heterocycles. The molecule has 0 amide bonds.